The molecule has 18 heavy (non-hydrogen) atoms. The molecule has 1 aromatic carbocycles. The van der Waals surface area contributed by atoms with Gasteiger partial charge in [-0.05, 0) is 42.6 Å². The minimum Gasteiger partial charge on any atom is -0.0912 e. The highest BCUT2D eigenvalue weighted by Crippen LogP contribution is 2.22. The van der Waals surface area contributed by atoms with Crippen molar-refractivity contribution in [1.29, 1.82) is 0 Å². The van der Waals surface area contributed by atoms with Crippen LogP contribution in [0.5, 0.6) is 0 Å². The van der Waals surface area contributed by atoms with Gasteiger partial charge in [0.05, 0.1) is 0 Å². The molecule has 0 aromatic heterocycles. The number of hydrogen-bond donors (Lipinski definition) is 0. The second-order valence-electron chi connectivity index (χ2n) is 4.16. The van der Waals surface area contributed by atoms with E-state index in [0.717, 1.165) is 12.0 Å². The van der Waals surface area contributed by atoms with Crippen molar-refractivity contribution in [2.45, 2.75) is 27.2 Å². The van der Waals surface area contributed by atoms with Crippen LogP contribution in [-0.2, 0) is 0 Å². The van der Waals surface area contributed by atoms with Crippen molar-refractivity contribution in [3.05, 3.63) is 77.9 Å². The number of rotatable bonds is 5. The van der Waals surface area contributed by atoms with E-state index in [9.17, 15) is 0 Å². The molecule has 0 heterocycles. The first kappa shape index (κ1) is 14.2. The molecule has 0 N–H and O–H groups in total. The fourth-order valence-electron chi connectivity index (χ4n) is 1.90. The molecule has 94 valence electrons. The largest absolute Gasteiger partial charge is 0.0912 e. The molecule has 0 heteroatoms. The molecule has 1 rings (SSSR count). The summed E-state index contributed by atoms with van der Waals surface area (Å²) in [7, 11) is 0. The predicted molar refractivity (Wildman–Crippen MR) is 82.4 cm³/mol. The van der Waals surface area contributed by atoms with E-state index in [0.29, 0.717) is 0 Å². The molecular formula is C18H22. The number of hydrogen-bond acceptors (Lipinski definition) is 0. The van der Waals surface area contributed by atoms with Crippen LogP contribution < -0.4 is 0 Å². The van der Waals surface area contributed by atoms with Crippen LogP contribution in [0.25, 0.3) is 5.57 Å². The Bertz CT molecular complexity index is 470. The Kier molecular flexibility index (Phi) is 5.93. The van der Waals surface area contributed by atoms with Gasteiger partial charge in [-0.3, -0.25) is 0 Å². The van der Waals surface area contributed by atoms with Crippen molar-refractivity contribution in [3.8, 4) is 0 Å². The summed E-state index contributed by atoms with van der Waals surface area (Å²) in [6, 6.07) is 10.5. The lowest BCUT2D eigenvalue weighted by atomic mass is 9.98. The lowest BCUT2D eigenvalue weighted by Crippen LogP contribution is -1.86. The molecule has 0 fully saturated rings. The summed E-state index contributed by atoms with van der Waals surface area (Å²) in [5, 5.41) is 0. The smallest absolute Gasteiger partial charge is 0.0224 e. The molecule has 0 atom stereocenters. The van der Waals surface area contributed by atoms with Crippen molar-refractivity contribution in [2.24, 2.45) is 0 Å². The van der Waals surface area contributed by atoms with Gasteiger partial charge in [0.25, 0.3) is 0 Å². The Labute approximate surface area is 111 Å². The zero-order valence-corrected chi connectivity index (χ0v) is 11.6. The molecular weight excluding hydrogens is 216 g/mol. The summed E-state index contributed by atoms with van der Waals surface area (Å²) in [4.78, 5) is 0. The molecule has 0 aliphatic rings. The van der Waals surface area contributed by atoms with Gasteiger partial charge in [-0.15, -0.1) is 0 Å². The van der Waals surface area contributed by atoms with Gasteiger partial charge < -0.3 is 0 Å². The van der Waals surface area contributed by atoms with Gasteiger partial charge in [0.1, 0.15) is 0 Å². The first-order chi connectivity index (χ1) is 8.72. The molecule has 0 saturated carbocycles. The maximum Gasteiger partial charge on any atom is -0.0224 e. The third-order valence-electron chi connectivity index (χ3n) is 2.90. The Morgan fingerprint density at radius 2 is 1.83 bits per heavy atom. The summed E-state index contributed by atoms with van der Waals surface area (Å²) in [6.45, 7) is 10.4. The average Bonchev–Trinajstić information content (AvgIpc) is 2.42. The monoisotopic (exact) mass is 238 g/mol. The fraction of sp³-hybridized carbons (Fsp3) is 0.222. The second kappa shape index (κ2) is 7.50. The Morgan fingerprint density at radius 3 is 2.33 bits per heavy atom. The standard InChI is InChI=1S/C18H22/c1-5-11-16(6-2)15(4)14-17(7-3)18-12-9-8-10-13-18/h5-6,8-14H,4,7H2,1-3H3/b11-5-,16-6+,17-14+. The van der Waals surface area contributed by atoms with Gasteiger partial charge in [0, 0.05) is 0 Å². The maximum absolute atomic E-state index is 4.16. The molecule has 0 radical (unpaired) electrons. The van der Waals surface area contributed by atoms with Crippen LogP contribution >= 0.6 is 0 Å². The molecule has 0 bridgehead atoms. The third kappa shape index (κ3) is 3.89. The SMILES string of the molecule is C=C(/C=C(\CC)c1ccccc1)C(/C=C\C)=C/C. The van der Waals surface area contributed by atoms with Gasteiger partial charge in [0.15, 0.2) is 0 Å². The van der Waals surface area contributed by atoms with E-state index in [4.69, 9.17) is 0 Å². The van der Waals surface area contributed by atoms with E-state index >= 15 is 0 Å². The Morgan fingerprint density at radius 1 is 1.17 bits per heavy atom. The molecule has 1 aromatic rings. The summed E-state index contributed by atoms with van der Waals surface area (Å²) in [6.07, 6.45) is 9.43. The molecule has 0 saturated heterocycles. The van der Waals surface area contributed by atoms with Gasteiger partial charge in [-0.1, -0.05) is 68.1 Å². The highest BCUT2D eigenvalue weighted by Gasteiger charge is 2.01. The van der Waals surface area contributed by atoms with E-state index < -0.39 is 0 Å². The van der Waals surface area contributed by atoms with E-state index in [1.54, 1.807) is 0 Å². The normalized spacial score (nSPS) is 13.1. The van der Waals surface area contributed by atoms with Crippen LogP contribution in [0, 0.1) is 0 Å². The van der Waals surface area contributed by atoms with Crippen molar-refractivity contribution in [2.75, 3.05) is 0 Å². The van der Waals surface area contributed by atoms with Crippen molar-refractivity contribution < 1.29 is 0 Å². The lowest BCUT2D eigenvalue weighted by molar-refractivity contribution is 1.23. The van der Waals surface area contributed by atoms with E-state index in [1.807, 2.05) is 26.0 Å². The Balaban J connectivity index is 3.03. The molecule has 0 amide bonds. The van der Waals surface area contributed by atoms with Crippen molar-refractivity contribution >= 4 is 5.57 Å². The summed E-state index contributed by atoms with van der Waals surface area (Å²) >= 11 is 0. The second-order valence-corrected chi connectivity index (χ2v) is 4.16. The lowest BCUT2D eigenvalue weighted by Gasteiger charge is -2.07. The average molecular weight is 238 g/mol. The summed E-state index contributed by atoms with van der Waals surface area (Å²) in [5.41, 5.74) is 4.84. The molecule has 0 aliphatic heterocycles. The van der Waals surface area contributed by atoms with Gasteiger partial charge in [-0.25, -0.2) is 0 Å². The number of allylic oxidation sites excluding steroid dienone is 7. The van der Waals surface area contributed by atoms with Gasteiger partial charge in [0.2, 0.25) is 0 Å². The van der Waals surface area contributed by atoms with E-state index in [-0.39, 0.29) is 0 Å². The highest BCUT2D eigenvalue weighted by molar-refractivity contribution is 5.70. The predicted octanol–water partition coefficient (Wildman–Crippen LogP) is 5.56. The number of benzene rings is 1. The van der Waals surface area contributed by atoms with Crippen LogP contribution in [0.2, 0.25) is 0 Å². The van der Waals surface area contributed by atoms with Crippen molar-refractivity contribution in [3.63, 3.8) is 0 Å². The minimum atomic E-state index is 1.01. The molecule has 0 nitrogen and oxygen atoms in total. The first-order valence-corrected chi connectivity index (χ1v) is 6.47. The summed E-state index contributed by atoms with van der Waals surface area (Å²) < 4.78 is 0. The topological polar surface area (TPSA) is 0 Å². The Hall–Kier alpha value is -1.82. The fourth-order valence-corrected chi connectivity index (χ4v) is 1.90. The molecule has 0 spiro atoms. The highest BCUT2D eigenvalue weighted by atomic mass is 14.1. The van der Waals surface area contributed by atoms with Crippen LogP contribution in [0.3, 0.4) is 0 Å². The first-order valence-electron chi connectivity index (χ1n) is 6.47. The van der Waals surface area contributed by atoms with E-state index in [1.165, 1.54) is 16.7 Å². The van der Waals surface area contributed by atoms with Gasteiger partial charge in [-0.2, -0.15) is 0 Å². The van der Waals surface area contributed by atoms with Crippen molar-refractivity contribution in [1.82, 2.24) is 0 Å². The maximum atomic E-state index is 4.16. The summed E-state index contributed by atoms with van der Waals surface area (Å²) in [5.74, 6) is 0. The minimum absolute atomic E-state index is 1.01. The quantitative estimate of drug-likeness (QED) is 0.589. The van der Waals surface area contributed by atoms with E-state index in [2.05, 4.69) is 56.0 Å². The zero-order chi connectivity index (χ0) is 13.4. The third-order valence-corrected chi connectivity index (χ3v) is 2.90. The molecule has 0 unspecified atom stereocenters. The van der Waals surface area contributed by atoms with Crippen LogP contribution in [0.4, 0.5) is 0 Å². The van der Waals surface area contributed by atoms with Crippen LogP contribution in [0.1, 0.15) is 32.8 Å². The van der Waals surface area contributed by atoms with Crippen LogP contribution in [-0.4, -0.2) is 0 Å². The van der Waals surface area contributed by atoms with Crippen LogP contribution in [0.15, 0.2) is 72.4 Å². The van der Waals surface area contributed by atoms with Gasteiger partial charge >= 0.3 is 0 Å². The zero-order valence-electron chi connectivity index (χ0n) is 11.6. The molecule has 0 aliphatic carbocycles.